The highest BCUT2D eigenvalue weighted by atomic mass is 16.5. The fourth-order valence-electron chi connectivity index (χ4n) is 3.34. The first-order valence-corrected chi connectivity index (χ1v) is 10.5. The van der Waals surface area contributed by atoms with Crippen LogP contribution in [0, 0.1) is 17.2 Å². The summed E-state index contributed by atoms with van der Waals surface area (Å²) >= 11 is 0. The fraction of sp³-hybridized carbons (Fsp3) is 0.480. The molecule has 0 heterocycles. The lowest BCUT2D eigenvalue weighted by atomic mass is 9.97. The molecular weight excluding hydrogens is 330 g/mol. The molecule has 1 unspecified atom stereocenters. The van der Waals surface area contributed by atoms with E-state index < -0.39 is 0 Å². The van der Waals surface area contributed by atoms with Crippen LogP contribution in [0.15, 0.2) is 54.6 Å². The quantitative estimate of drug-likeness (QED) is 0.347. The highest BCUT2D eigenvalue weighted by Gasteiger charge is 2.07. The first-order valence-electron chi connectivity index (χ1n) is 10.5. The maximum atomic E-state index is 9.33. The minimum absolute atomic E-state index is 0.181. The van der Waals surface area contributed by atoms with Gasteiger partial charge in [-0.1, -0.05) is 87.9 Å². The van der Waals surface area contributed by atoms with Crippen LogP contribution in [0.5, 0.6) is 5.75 Å². The Morgan fingerprint density at radius 2 is 1.41 bits per heavy atom. The summed E-state index contributed by atoms with van der Waals surface area (Å²) in [5, 5.41) is 9.33. The molecular formula is C25H33NO. The molecule has 0 aromatic heterocycles. The van der Waals surface area contributed by atoms with Crippen molar-refractivity contribution in [1.29, 1.82) is 5.26 Å². The predicted octanol–water partition coefficient (Wildman–Crippen LogP) is 7.40. The highest BCUT2D eigenvalue weighted by Crippen LogP contribution is 2.22. The Balaban J connectivity index is 1.62. The summed E-state index contributed by atoms with van der Waals surface area (Å²) in [6.45, 7) is 2.92. The summed E-state index contributed by atoms with van der Waals surface area (Å²) in [5.74, 6) is 1.08. The SMILES string of the molecule is CCCCCCCCC(C#N)CCCOc1ccc(-c2ccccc2)cc1. The molecule has 0 bridgehead atoms. The summed E-state index contributed by atoms with van der Waals surface area (Å²) in [7, 11) is 0. The molecule has 0 N–H and O–H groups in total. The zero-order chi connectivity index (χ0) is 19.2. The Morgan fingerprint density at radius 1 is 0.778 bits per heavy atom. The van der Waals surface area contributed by atoms with Gasteiger partial charge in [0.25, 0.3) is 0 Å². The highest BCUT2D eigenvalue weighted by molar-refractivity contribution is 5.63. The summed E-state index contributed by atoms with van der Waals surface area (Å²) in [6, 6.07) is 21.1. The molecule has 0 fully saturated rings. The molecule has 0 spiro atoms. The van der Waals surface area contributed by atoms with Crippen LogP contribution in [-0.4, -0.2) is 6.61 Å². The van der Waals surface area contributed by atoms with Crippen molar-refractivity contribution in [2.45, 2.75) is 64.7 Å². The van der Waals surface area contributed by atoms with Crippen LogP contribution in [-0.2, 0) is 0 Å². The Labute approximate surface area is 165 Å². The zero-order valence-corrected chi connectivity index (χ0v) is 16.7. The number of rotatable bonds is 13. The first kappa shape index (κ1) is 21.0. The Kier molecular flexibility index (Phi) is 10.1. The number of nitriles is 1. The summed E-state index contributed by atoms with van der Waals surface area (Å²) in [6.07, 6.45) is 10.6. The normalized spacial score (nSPS) is 11.7. The Hall–Kier alpha value is -2.27. The van der Waals surface area contributed by atoms with Crippen molar-refractivity contribution in [3.8, 4) is 22.9 Å². The Bertz CT molecular complexity index is 657. The van der Waals surface area contributed by atoms with Crippen molar-refractivity contribution in [1.82, 2.24) is 0 Å². The lowest BCUT2D eigenvalue weighted by Crippen LogP contribution is -2.03. The van der Waals surface area contributed by atoms with Crippen molar-refractivity contribution >= 4 is 0 Å². The van der Waals surface area contributed by atoms with Gasteiger partial charge in [0.1, 0.15) is 5.75 Å². The van der Waals surface area contributed by atoms with E-state index in [0.717, 1.165) is 25.0 Å². The molecule has 0 aliphatic carbocycles. The molecule has 1 atom stereocenters. The second-order valence-electron chi connectivity index (χ2n) is 7.26. The van der Waals surface area contributed by atoms with Crippen molar-refractivity contribution < 1.29 is 4.74 Å². The largest absolute Gasteiger partial charge is 0.494 e. The molecule has 0 saturated heterocycles. The van der Waals surface area contributed by atoms with E-state index >= 15 is 0 Å². The first-order chi connectivity index (χ1) is 13.3. The van der Waals surface area contributed by atoms with E-state index in [1.807, 2.05) is 18.2 Å². The molecule has 2 aromatic rings. The van der Waals surface area contributed by atoms with E-state index in [2.05, 4.69) is 49.4 Å². The lowest BCUT2D eigenvalue weighted by Gasteiger charge is -2.10. The van der Waals surface area contributed by atoms with Gasteiger partial charge in [-0.05, 0) is 42.5 Å². The molecule has 27 heavy (non-hydrogen) atoms. The third-order valence-corrected chi connectivity index (χ3v) is 5.02. The fourth-order valence-corrected chi connectivity index (χ4v) is 3.34. The van der Waals surface area contributed by atoms with Gasteiger partial charge in [0.05, 0.1) is 12.7 Å². The van der Waals surface area contributed by atoms with E-state index in [1.54, 1.807) is 0 Å². The van der Waals surface area contributed by atoms with Crippen LogP contribution in [0.3, 0.4) is 0 Å². The van der Waals surface area contributed by atoms with Crippen LogP contribution in [0.25, 0.3) is 11.1 Å². The smallest absolute Gasteiger partial charge is 0.119 e. The number of hydrogen-bond donors (Lipinski definition) is 0. The number of hydrogen-bond acceptors (Lipinski definition) is 2. The molecule has 2 heteroatoms. The van der Waals surface area contributed by atoms with Crippen molar-refractivity contribution in [2.24, 2.45) is 5.92 Å². The number of nitrogens with zero attached hydrogens (tertiary/aromatic N) is 1. The Morgan fingerprint density at radius 3 is 2.11 bits per heavy atom. The predicted molar refractivity (Wildman–Crippen MR) is 114 cm³/mol. The average molecular weight is 364 g/mol. The molecule has 2 aromatic carbocycles. The lowest BCUT2D eigenvalue weighted by molar-refractivity contribution is 0.297. The number of ether oxygens (including phenoxy) is 1. The molecule has 2 nitrogen and oxygen atoms in total. The maximum absolute atomic E-state index is 9.33. The van der Waals surface area contributed by atoms with Crippen LogP contribution < -0.4 is 4.74 Å². The van der Waals surface area contributed by atoms with E-state index in [-0.39, 0.29) is 5.92 Å². The van der Waals surface area contributed by atoms with Gasteiger partial charge in [-0.25, -0.2) is 0 Å². The topological polar surface area (TPSA) is 33.0 Å². The molecule has 0 radical (unpaired) electrons. The van der Waals surface area contributed by atoms with E-state index in [4.69, 9.17) is 4.74 Å². The molecule has 0 aliphatic heterocycles. The molecule has 0 saturated carbocycles. The molecule has 2 rings (SSSR count). The molecule has 144 valence electrons. The second kappa shape index (κ2) is 13.0. The molecule has 0 amide bonds. The van der Waals surface area contributed by atoms with Gasteiger partial charge in [-0.2, -0.15) is 5.26 Å². The average Bonchev–Trinajstić information content (AvgIpc) is 2.73. The summed E-state index contributed by atoms with van der Waals surface area (Å²) in [4.78, 5) is 0. The van der Waals surface area contributed by atoms with E-state index in [1.165, 1.54) is 49.7 Å². The van der Waals surface area contributed by atoms with Crippen molar-refractivity contribution in [3.63, 3.8) is 0 Å². The minimum Gasteiger partial charge on any atom is -0.494 e. The van der Waals surface area contributed by atoms with Crippen molar-refractivity contribution in [2.75, 3.05) is 6.61 Å². The third kappa shape index (κ3) is 8.31. The van der Waals surface area contributed by atoms with Gasteiger partial charge >= 0.3 is 0 Å². The third-order valence-electron chi connectivity index (χ3n) is 5.02. The summed E-state index contributed by atoms with van der Waals surface area (Å²) in [5.41, 5.74) is 2.42. The van der Waals surface area contributed by atoms with Crippen molar-refractivity contribution in [3.05, 3.63) is 54.6 Å². The number of unbranched alkanes of at least 4 members (excludes halogenated alkanes) is 5. The molecule has 0 aliphatic rings. The van der Waals surface area contributed by atoms with Gasteiger partial charge in [0, 0.05) is 5.92 Å². The maximum Gasteiger partial charge on any atom is 0.119 e. The van der Waals surface area contributed by atoms with Crippen LogP contribution in [0.2, 0.25) is 0 Å². The van der Waals surface area contributed by atoms with Gasteiger partial charge < -0.3 is 4.74 Å². The van der Waals surface area contributed by atoms with Crippen LogP contribution >= 0.6 is 0 Å². The van der Waals surface area contributed by atoms with Gasteiger partial charge in [-0.15, -0.1) is 0 Å². The van der Waals surface area contributed by atoms with Crippen LogP contribution in [0.4, 0.5) is 0 Å². The van der Waals surface area contributed by atoms with E-state index in [0.29, 0.717) is 6.61 Å². The van der Waals surface area contributed by atoms with Crippen LogP contribution in [0.1, 0.15) is 64.7 Å². The van der Waals surface area contributed by atoms with Gasteiger partial charge in [-0.3, -0.25) is 0 Å². The monoisotopic (exact) mass is 363 g/mol. The summed E-state index contributed by atoms with van der Waals surface area (Å²) < 4.78 is 5.85. The minimum atomic E-state index is 0.181. The van der Waals surface area contributed by atoms with E-state index in [9.17, 15) is 5.26 Å². The second-order valence-corrected chi connectivity index (χ2v) is 7.26. The van der Waals surface area contributed by atoms with Gasteiger partial charge in [0.15, 0.2) is 0 Å². The zero-order valence-electron chi connectivity index (χ0n) is 16.7. The van der Waals surface area contributed by atoms with Gasteiger partial charge in [0.2, 0.25) is 0 Å². The number of benzene rings is 2. The standard InChI is InChI=1S/C25H33NO/c1-2-3-4-5-6-8-12-22(21-26)13-11-20-27-25-18-16-24(17-19-25)23-14-9-7-10-15-23/h7,9-10,14-19,22H,2-6,8,11-13,20H2,1H3.